The average Bonchev–Trinajstić information content (AvgIpc) is 3.25. The van der Waals surface area contributed by atoms with E-state index in [1.807, 2.05) is 0 Å². The molecule has 144 valence electrons. The molecule has 3 heterocycles. The van der Waals surface area contributed by atoms with Crippen molar-refractivity contribution in [2.45, 2.75) is 26.1 Å². The molecule has 0 amide bonds. The van der Waals surface area contributed by atoms with Crippen LogP contribution in [0.2, 0.25) is 5.02 Å². The minimum Gasteiger partial charge on any atom is -0.386 e. The van der Waals surface area contributed by atoms with Crippen LogP contribution >= 0.6 is 11.6 Å². The molecule has 1 N–H and O–H groups in total. The van der Waals surface area contributed by atoms with Gasteiger partial charge in [-0.25, -0.2) is 9.97 Å². The van der Waals surface area contributed by atoms with Crippen LogP contribution in [-0.4, -0.2) is 44.4 Å². The number of nitrogens with zero attached hydrogens (tertiary/aromatic N) is 8. The van der Waals surface area contributed by atoms with E-state index in [4.69, 9.17) is 11.6 Å². The van der Waals surface area contributed by atoms with E-state index in [0.29, 0.717) is 33.4 Å². The van der Waals surface area contributed by atoms with Crippen molar-refractivity contribution in [3.63, 3.8) is 0 Å². The van der Waals surface area contributed by atoms with E-state index < -0.39 is 6.10 Å². The molecule has 0 saturated carbocycles. The average molecular weight is 401 g/mol. The first kappa shape index (κ1) is 18.3. The topological polar surface area (TPSA) is 117 Å². The van der Waals surface area contributed by atoms with E-state index in [1.165, 1.54) is 9.36 Å². The largest absolute Gasteiger partial charge is 0.386 e. The summed E-state index contributed by atoms with van der Waals surface area (Å²) in [6.07, 6.45) is 0.742. The molecule has 11 heteroatoms. The Morgan fingerprint density at radius 3 is 2.75 bits per heavy atom. The van der Waals surface area contributed by atoms with Crippen molar-refractivity contribution in [2.75, 3.05) is 0 Å². The summed E-state index contributed by atoms with van der Waals surface area (Å²) in [4.78, 5) is 22.5. The number of tetrazole rings is 1. The van der Waals surface area contributed by atoms with Crippen LogP contribution in [0.1, 0.15) is 23.3 Å². The van der Waals surface area contributed by atoms with Gasteiger partial charge in [0.2, 0.25) is 0 Å². The molecule has 0 aliphatic rings. The van der Waals surface area contributed by atoms with Crippen molar-refractivity contribution in [1.29, 1.82) is 0 Å². The molecular weight excluding hydrogens is 384 g/mol. The fraction of sp³-hybridized carbons (Fsp3) is 0.294. The van der Waals surface area contributed by atoms with Gasteiger partial charge in [0.25, 0.3) is 5.56 Å². The van der Waals surface area contributed by atoms with Crippen molar-refractivity contribution in [3.8, 4) is 0 Å². The third-order valence-electron chi connectivity index (χ3n) is 4.41. The highest BCUT2D eigenvalue weighted by Crippen LogP contribution is 2.17. The Labute approximate surface area is 164 Å². The number of hydrogen-bond donors (Lipinski definition) is 1. The summed E-state index contributed by atoms with van der Waals surface area (Å²) in [6, 6.07) is 6.89. The van der Waals surface area contributed by atoms with E-state index in [-0.39, 0.29) is 18.6 Å². The lowest BCUT2D eigenvalue weighted by Gasteiger charge is -2.09. The second-order valence-electron chi connectivity index (χ2n) is 6.41. The zero-order chi connectivity index (χ0) is 19.8. The van der Waals surface area contributed by atoms with Crippen LogP contribution in [0.5, 0.6) is 0 Å². The first-order valence-electron chi connectivity index (χ1n) is 8.51. The van der Waals surface area contributed by atoms with Crippen molar-refractivity contribution < 1.29 is 5.11 Å². The minimum atomic E-state index is -0.809. The summed E-state index contributed by atoms with van der Waals surface area (Å²) < 4.78 is 3.11. The highest BCUT2D eigenvalue weighted by Gasteiger charge is 2.15. The standard InChI is InChI=1S/C17H17ClN8O2/c1-10-20-16-15(24(2)9-19-16)17(28)25(10)8-14-21-23-26(22-14)7-13(27)11-3-5-12(18)6-4-11/h3-6,9,13,27H,7-8H2,1-2H3/t13-/m0/s1. The quantitative estimate of drug-likeness (QED) is 0.528. The summed E-state index contributed by atoms with van der Waals surface area (Å²) >= 11 is 5.86. The van der Waals surface area contributed by atoms with Crippen molar-refractivity contribution in [2.24, 2.45) is 7.05 Å². The van der Waals surface area contributed by atoms with Gasteiger partial charge < -0.3 is 9.67 Å². The number of halogens is 1. The molecule has 3 aromatic heterocycles. The van der Waals surface area contributed by atoms with Crippen LogP contribution in [0, 0.1) is 6.92 Å². The van der Waals surface area contributed by atoms with E-state index in [0.717, 1.165) is 0 Å². The third-order valence-corrected chi connectivity index (χ3v) is 4.66. The van der Waals surface area contributed by atoms with E-state index in [2.05, 4.69) is 25.4 Å². The van der Waals surface area contributed by atoms with Gasteiger partial charge in [0.15, 0.2) is 17.0 Å². The number of imidazole rings is 1. The SMILES string of the molecule is Cc1nc2ncn(C)c2c(=O)n1Cc1nnn(C[C@H](O)c2ccc(Cl)cc2)n1. The highest BCUT2D eigenvalue weighted by atomic mass is 35.5. The molecular formula is C17H17ClN8O2. The number of rotatable bonds is 5. The van der Waals surface area contributed by atoms with Crippen molar-refractivity contribution in [1.82, 2.24) is 39.3 Å². The second-order valence-corrected chi connectivity index (χ2v) is 6.84. The van der Waals surface area contributed by atoms with E-state index >= 15 is 0 Å². The number of aromatic nitrogens is 8. The molecule has 0 saturated heterocycles. The first-order valence-corrected chi connectivity index (χ1v) is 8.89. The smallest absolute Gasteiger partial charge is 0.280 e. The normalized spacial score (nSPS) is 12.6. The zero-order valence-corrected chi connectivity index (χ0v) is 15.9. The predicted octanol–water partition coefficient (Wildman–Crippen LogP) is 0.860. The van der Waals surface area contributed by atoms with Crippen LogP contribution in [0.25, 0.3) is 11.2 Å². The Morgan fingerprint density at radius 1 is 1.25 bits per heavy atom. The Balaban J connectivity index is 1.55. The summed E-state index contributed by atoms with van der Waals surface area (Å²) in [5.41, 5.74) is 1.29. The van der Waals surface area contributed by atoms with Crippen LogP contribution in [0.15, 0.2) is 35.4 Å². The van der Waals surface area contributed by atoms with Gasteiger partial charge in [-0.05, 0) is 29.8 Å². The molecule has 0 aliphatic heterocycles. The number of aliphatic hydroxyl groups excluding tert-OH is 1. The van der Waals surface area contributed by atoms with Gasteiger partial charge in [-0.3, -0.25) is 9.36 Å². The number of hydrogen-bond acceptors (Lipinski definition) is 7. The van der Waals surface area contributed by atoms with Gasteiger partial charge in [-0.15, -0.1) is 10.2 Å². The van der Waals surface area contributed by atoms with E-state index in [1.54, 1.807) is 49.1 Å². The van der Waals surface area contributed by atoms with Gasteiger partial charge >= 0.3 is 0 Å². The van der Waals surface area contributed by atoms with Crippen LogP contribution in [-0.2, 0) is 20.1 Å². The second kappa shape index (κ2) is 7.13. The lowest BCUT2D eigenvalue weighted by atomic mass is 10.1. The maximum absolute atomic E-state index is 12.8. The molecule has 10 nitrogen and oxygen atoms in total. The van der Waals surface area contributed by atoms with Gasteiger partial charge in [0.1, 0.15) is 11.9 Å². The van der Waals surface area contributed by atoms with Crippen molar-refractivity contribution in [3.05, 3.63) is 63.2 Å². The summed E-state index contributed by atoms with van der Waals surface area (Å²) in [5, 5.41) is 23.1. The van der Waals surface area contributed by atoms with Gasteiger partial charge in [0.05, 0.1) is 19.4 Å². The Bertz CT molecular complexity index is 1190. The molecule has 1 atom stereocenters. The molecule has 0 unspecified atom stereocenters. The molecule has 28 heavy (non-hydrogen) atoms. The summed E-state index contributed by atoms with van der Waals surface area (Å²) in [7, 11) is 1.74. The molecule has 0 bridgehead atoms. The number of aliphatic hydroxyl groups is 1. The van der Waals surface area contributed by atoms with Crippen LogP contribution in [0.3, 0.4) is 0 Å². The summed E-state index contributed by atoms with van der Waals surface area (Å²) in [5.74, 6) is 0.852. The van der Waals surface area contributed by atoms with Gasteiger partial charge in [-0.2, -0.15) is 4.80 Å². The van der Waals surface area contributed by atoms with Gasteiger partial charge in [0, 0.05) is 12.1 Å². The van der Waals surface area contributed by atoms with Crippen LogP contribution < -0.4 is 5.56 Å². The fourth-order valence-electron chi connectivity index (χ4n) is 2.92. The predicted molar refractivity (Wildman–Crippen MR) is 101 cm³/mol. The Kier molecular flexibility index (Phi) is 4.65. The minimum absolute atomic E-state index is 0.121. The van der Waals surface area contributed by atoms with Crippen molar-refractivity contribution >= 4 is 22.8 Å². The van der Waals surface area contributed by atoms with Crippen LogP contribution in [0.4, 0.5) is 0 Å². The van der Waals surface area contributed by atoms with E-state index in [9.17, 15) is 9.90 Å². The maximum Gasteiger partial charge on any atom is 0.280 e. The molecule has 0 fully saturated rings. The zero-order valence-electron chi connectivity index (χ0n) is 15.2. The lowest BCUT2D eigenvalue weighted by Crippen LogP contribution is -2.26. The maximum atomic E-state index is 12.8. The molecule has 1 aromatic carbocycles. The monoisotopic (exact) mass is 400 g/mol. The number of aryl methyl sites for hydroxylation is 2. The highest BCUT2D eigenvalue weighted by molar-refractivity contribution is 6.30. The Hall–Kier alpha value is -3.11. The molecule has 0 aliphatic carbocycles. The lowest BCUT2D eigenvalue weighted by molar-refractivity contribution is 0.144. The molecule has 4 aromatic rings. The fourth-order valence-corrected chi connectivity index (χ4v) is 3.05. The summed E-state index contributed by atoms with van der Waals surface area (Å²) in [6.45, 7) is 1.97. The molecule has 0 spiro atoms. The Morgan fingerprint density at radius 2 is 2.00 bits per heavy atom. The number of fused-ring (bicyclic) bond motifs is 1. The molecule has 0 radical (unpaired) electrons. The third kappa shape index (κ3) is 3.39. The first-order chi connectivity index (χ1) is 13.4. The molecule has 4 rings (SSSR count). The van der Waals surface area contributed by atoms with Gasteiger partial charge in [-0.1, -0.05) is 23.7 Å². The number of benzene rings is 1.